The summed E-state index contributed by atoms with van der Waals surface area (Å²) in [6, 6.07) is 15.2. The van der Waals surface area contributed by atoms with Crippen LogP contribution < -0.4 is 10.1 Å². The molecule has 0 spiro atoms. The first-order valence-corrected chi connectivity index (χ1v) is 9.02. The molecule has 1 aliphatic rings. The zero-order valence-electron chi connectivity index (χ0n) is 15.0. The molecule has 0 saturated carbocycles. The smallest absolute Gasteiger partial charge is 0.165 e. The highest BCUT2D eigenvalue weighted by Gasteiger charge is 2.18. The molecule has 0 unspecified atom stereocenters. The summed E-state index contributed by atoms with van der Waals surface area (Å²) >= 11 is 0. The van der Waals surface area contributed by atoms with Crippen molar-refractivity contribution in [3.8, 4) is 16.9 Å². The minimum atomic E-state index is -0.354. The number of aromatic nitrogens is 2. The summed E-state index contributed by atoms with van der Waals surface area (Å²) < 4.78 is 22.3. The predicted octanol–water partition coefficient (Wildman–Crippen LogP) is 4.61. The molecule has 27 heavy (non-hydrogen) atoms. The average molecular weight is 388 g/mol. The van der Waals surface area contributed by atoms with Crippen molar-refractivity contribution in [1.29, 1.82) is 0 Å². The number of piperidine rings is 1. The number of para-hydroxylation sites is 1. The number of hydrogen-bond donors (Lipinski definition) is 1. The SMILES string of the molecule is Cl.Fc1cccc(-c2cnn(C3CCNCC3)c2)c1OCc1ccccc1. The molecule has 1 aromatic heterocycles. The fraction of sp³-hybridized carbons (Fsp3) is 0.286. The Balaban J connectivity index is 0.00000210. The lowest BCUT2D eigenvalue weighted by molar-refractivity contribution is 0.291. The van der Waals surface area contributed by atoms with Gasteiger partial charge >= 0.3 is 0 Å². The summed E-state index contributed by atoms with van der Waals surface area (Å²) in [6.07, 6.45) is 5.91. The Morgan fingerprint density at radius 3 is 2.63 bits per heavy atom. The Bertz CT molecular complexity index is 863. The van der Waals surface area contributed by atoms with Crippen LogP contribution in [0.3, 0.4) is 0 Å². The number of hydrogen-bond acceptors (Lipinski definition) is 3. The molecule has 4 rings (SSSR count). The predicted molar refractivity (Wildman–Crippen MR) is 107 cm³/mol. The summed E-state index contributed by atoms with van der Waals surface area (Å²) in [4.78, 5) is 0. The van der Waals surface area contributed by atoms with E-state index in [0.717, 1.165) is 42.6 Å². The minimum absolute atomic E-state index is 0. The Kier molecular flexibility index (Phi) is 6.48. The van der Waals surface area contributed by atoms with Gasteiger partial charge in [0, 0.05) is 17.3 Å². The van der Waals surface area contributed by atoms with Crippen molar-refractivity contribution >= 4 is 12.4 Å². The van der Waals surface area contributed by atoms with Crippen LogP contribution in [0.4, 0.5) is 4.39 Å². The maximum atomic E-state index is 14.4. The second kappa shape index (κ2) is 9.02. The van der Waals surface area contributed by atoms with E-state index in [4.69, 9.17) is 4.74 Å². The van der Waals surface area contributed by atoms with Crippen molar-refractivity contribution in [2.75, 3.05) is 13.1 Å². The van der Waals surface area contributed by atoms with Crippen LogP contribution in [-0.4, -0.2) is 22.9 Å². The third-order valence-corrected chi connectivity index (χ3v) is 4.79. The lowest BCUT2D eigenvalue weighted by Gasteiger charge is -2.22. The fourth-order valence-corrected chi connectivity index (χ4v) is 3.36. The van der Waals surface area contributed by atoms with E-state index in [1.807, 2.05) is 47.3 Å². The molecule has 2 aromatic carbocycles. The van der Waals surface area contributed by atoms with Crippen molar-refractivity contribution in [1.82, 2.24) is 15.1 Å². The van der Waals surface area contributed by atoms with Crippen molar-refractivity contribution < 1.29 is 9.13 Å². The third-order valence-electron chi connectivity index (χ3n) is 4.79. The van der Waals surface area contributed by atoms with Crippen LogP contribution in [0.1, 0.15) is 24.4 Å². The van der Waals surface area contributed by atoms with E-state index in [2.05, 4.69) is 10.4 Å². The molecule has 0 aliphatic carbocycles. The fourth-order valence-electron chi connectivity index (χ4n) is 3.36. The van der Waals surface area contributed by atoms with Gasteiger partial charge in [0.1, 0.15) is 6.61 Å². The van der Waals surface area contributed by atoms with Gasteiger partial charge < -0.3 is 10.1 Å². The zero-order valence-corrected chi connectivity index (χ0v) is 15.8. The number of nitrogens with zero attached hydrogens (tertiary/aromatic N) is 2. The van der Waals surface area contributed by atoms with E-state index in [1.165, 1.54) is 6.07 Å². The van der Waals surface area contributed by atoms with Gasteiger partial charge in [-0.3, -0.25) is 4.68 Å². The monoisotopic (exact) mass is 387 g/mol. The molecule has 0 bridgehead atoms. The van der Waals surface area contributed by atoms with E-state index in [0.29, 0.717) is 12.6 Å². The van der Waals surface area contributed by atoms with Crippen LogP contribution in [0.5, 0.6) is 5.75 Å². The molecular formula is C21H23ClFN3O. The topological polar surface area (TPSA) is 39.1 Å². The van der Waals surface area contributed by atoms with Gasteiger partial charge in [-0.1, -0.05) is 42.5 Å². The molecule has 3 aromatic rings. The van der Waals surface area contributed by atoms with Gasteiger partial charge in [0.25, 0.3) is 0 Å². The molecule has 1 N–H and O–H groups in total. The largest absolute Gasteiger partial charge is 0.485 e. The molecule has 6 heteroatoms. The van der Waals surface area contributed by atoms with Crippen LogP contribution in [0, 0.1) is 5.82 Å². The van der Waals surface area contributed by atoms with Crippen LogP contribution in [-0.2, 0) is 6.61 Å². The minimum Gasteiger partial charge on any atom is -0.485 e. The Labute approximate surface area is 164 Å². The average Bonchev–Trinajstić information content (AvgIpc) is 3.18. The highest BCUT2D eigenvalue weighted by Crippen LogP contribution is 2.33. The quantitative estimate of drug-likeness (QED) is 0.694. The number of halogens is 2. The molecule has 1 aliphatic heterocycles. The lowest BCUT2D eigenvalue weighted by atomic mass is 10.1. The van der Waals surface area contributed by atoms with Crippen LogP contribution >= 0.6 is 12.4 Å². The Morgan fingerprint density at radius 1 is 1.07 bits per heavy atom. The van der Waals surface area contributed by atoms with Crippen LogP contribution in [0.25, 0.3) is 11.1 Å². The van der Waals surface area contributed by atoms with Crippen LogP contribution in [0.15, 0.2) is 60.9 Å². The second-order valence-electron chi connectivity index (χ2n) is 6.58. The first kappa shape index (κ1) is 19.4. The number of benzene rings is 2. The van der Waals surface area contributed by atoms with Gasteiger partial charge in [-0.25, -0.2) is 4.39 Å². The standard InChI is InChI=1S/C21H22FN3O.ClH/c22-20-8-4-7-19(21(20)26-15-16-5-2-1-3-6-16)17-13-24-25(14-17)18-9-11-23-12-10-18;/h1-8,13-14,18,23H,9-12,15H2;1H. The van der Waals surface area contributed by atoms with Gasteiger partial charge in [-0.05, 0) is 37.6 Å². The molecule has 0 radical (unpaired) electrons. The molecule has 0 atom stereocenters. The van der Waals surface area contributed by atoms with Gasteiger partial charge in [0.05, 0.1) is 12.2 Å². The van der Waals surface area contributed by atoms with E-state index < -0.39 is 0 Å². The maximum Gasteiger partial charge on any atom is 0.165 e. The first-order valence-electron chi connectivity index (χ1n) is 9.02. The van der Waals surface area contributed by atoms with Crippen molar-refractivity contribution in [2.24, 2.45) is 0 Å². The van der Waals surface area contributed by atoms with Crippen molar-refractivity contribution in [2.45, 2.75) is 25.5 Å². The summed E-state index contributed by atoms with van der Waals surface area (Å²) in [6.45, 7) is 2.34. The molecule has 1 fully saturated rings. The number of rotatable bonds is 5. The molecule has 142 valence electrons. The highest BCUT2D eigenvalue weighted by molar-refractivity contribution is 5.85. The molecule has 1 saturated heterocycles. The van der Waals surface area contributed by atoms with Gasteiger partial charge in [-0.2, -0.15) is 5.10 Å². The van der Waals surface area contributed by atoms with Crippen molar-refractivity contribution in [3.63, 3.8) is 0 Å². The van der Waals surface area contributed by atoms with Crippen molar-refractivity contribution in [3.05, 3.63) is 72.3 Å². The second-order valence-corrected chi connectivity index (χ2v) is 6.58. The van der Waals surface area contributed by atoms with E-state index in [9.17, 15) is 4.39 Å². The molecule has 4 nitrogen and oxygen atoms in total. The van der Waals surface area contributed by atoms with E-state index in [1.54, 1.807) is 12.3 Å². The summed E-state index contributed by atoms with van der Waals surface area (Å²) in [7, 11) is 0. The molecule has 0 amide bonds. The van der Waals surface area contributed by atoms with E-state index in [-0.39, 0.29) is 24.0 Å². The highest BCUT2D eigenvalue weighted by atomic mass is 35.5. The number of nitrogens with one attached hydrogen (secondary N) is 1. The van der Waals surface area contributed by atoms with Gasteiger partial charge in [0.2, 0.25) is 0 Å². The maximum absolute atomic E-state index is 14.4. The normalized spacial score (nSPS) is 14.6. The summed E-state index contributed by atoms with van der Waals surface area (Å²) in [5.41, 5.74) is 2.62. The molecular weight excluding hydrogens is 365 g/mol. The van der Waals surface area contributed by atoms with Gasteiger partial charge in [0.15, 0.2) is 11.6 Å². The Hall–Kier alpha value is -2.37. The lowest BCUT2D eigenvalue weighted by Crippen LogP contribution is -2.29. The number of ether oxygens (including phenoxy) is 1. The Morgan fingerprint density at radius 2 is 1.85 bits per heavy atom. The first-order chi connectivity index (χ1) is 12.8. The molecule has 2 heterocycles. The van der Waals surface area contributed by atoms with Gasteiger partial charge in [-0.15, -0.1) is 12.4 Å². The third kappa shape index (κ3) is 4.49. The summed E-state index contributed by atoms with van der Waals surface area (Å²) in [5.74, 6) is -0.0748. The van der Waals surface area contributed by atoms with E-state index >= 15 is 0 Å². The zero-order chi connectivity index (χ0) is 17.8. The summed E-state index contributed by atoms with van der Waals surface area (Å²) in [5, 5.41) is 7.88. The van der Waals surface area contributed by atoms with Crippen LogP contribution in [0.2, 0.25) is 0 Å².